The predicted molar refractivity (Wildman–Crippen MR) is 85.3 cm³/mol. The standard InChI is InChI=1S/C14H11F3N6O3S/c1-26-9-4-2-8(3-5-9)12-19-13(14(15,16)17)22-23(12)10-6-7-11(21-20-10)27(18,24)25/h2-7H,1H3,(H2,18,24,25). The van der Waals surface area contributed by atoms with Gasteiger partial charge in [-0.2, -0.15) is 17.9 Å². The predicted octanol–water partition coefficient (Wildman–Crippen LogP) is 1.40. The Balaban J connectivity index is 2.14. The Kier molecular flexibility index (Phi) is 4.57. The fourth-order valence-electron chi connectivity index (χ4n) is 2.10. The molecule has 142 valence electrons. The Hall–Kier alpha value is -3.06. The first-order chi connectivity index (χ1) is 12.6. The van der Waals surface area contributed by atoms with Crippen LogP contribution in [0.4, 0.5) is 13.2 Å². The average Bonchev–Trinajstić information content (AvgIpc) is 3.07. The van der Waals surface area contributed by atoms with Gasteiger partial charge in [0.25, 0.3) is 15.8 Å². The lowest BCUT2D eigenvalue weighted by atomic mass is 10.2. The maximum atomic E-state index is 13.1. The summed E-state index contributed by atoms with van der Waals surface area (Å²) in [5.74, 6) is -1.22. The number of primary sulfonamides is 1. The lowest BCUT2D eigenvalue weighted by Gasteiger charge is -2.06. The number of halogens is 3. The number of alkyl halides is 3. The highest BCUT2D eigenvalue weighted by molar-refractivity contribution is 7.89. The van der Waals surface area contributed by atoms with Crippen LogP contribution < -0.4 is 9.88 Å². The van der Waals surface area contributed by atoms with Gasteiger partial charge in [-0.1, -0.05) is 0 Å². The summed E-state index contributed by atoms with van der Waals surface area (Å²) in [6, 6.07) is 8.19. The fraction of sp³-hybridized carbons (Fsp3) is 0.143. The first kappa shape index (κ1) is 18.7. The Morgan fingerprint density at radius 2 is 1.74 bits per heavy atom. The smallest absolute Gasteiger partial charge is 0.453 e. The van der Waals surface area contributed by atoms with Crippen molar-refractivity contribution >= 4 is 10.0 Å². The number of methoxy groups -OCH3 is 1. The van der Waals surface area contributed by atoms with Crippen LogP contribution in [0.3, 0.4) is 0 Å². The van der Waals surface area contributed by atoms with E-state index in [1.807, 2.05) is 0 Å². The van der Waals surface area contributed by atoms with Crippen molar-refractivity contribution in [2.75, 3.05) is 7.11 Å². The van der Waals surface area contributed by atoms with Crippen molar-refractivity contribution in [2.24, 2.45) is 5.14 Å². The quantitative estimate of drug-likeness (QED) is 0.701. The number of sulfonamides is 1. The molecule has 0 fully saturated rings. The lowest BCUT2D eigenvalue weighted by molar-refractivity contribution is -0.144. The maximum Gasteiger partial charge on any atom is 0.453 e. The molecule has 0 unspecified atom stereocenters. The number of aromatic nitrogens is 5. The molecule has 9 nitrogen and oxygen atoms in total. The summed E-state index contributed by atoms with van der Waals surface area (Å²) in [6.45, 7) is 0. The molecular formula is C14H11F3N6O3S. The van der Waals surface area contributed by atoms with Crippen LogP contribution in [0.25, 0.3) is 17.2 Å². The minimum absolute atomic E-state index is 0.164. The van der Waals surface area contributed by atoms with Gasteiger partial charge in [-0.25, -0.2) is 18.5 Å². The van der Waals surface area contributed by atoms with Crippen LogP contribution in [0, 0.1) is 0 Å². The summed E-state index contributed by atoms with van der Waals surface area (Å²) in [4.78, 5) is 3.53. The largest absolute Gasteiger partial charge is 0.497 e. The summed E-state index contributed by atoms with van der Waals surface area (Å²) in [7, 11) is -2.66. The monoisotopic (exact) mass is 400 g/mol. The zero-order chi connectivity index (χ0) is 19.8. The molecule has 0 aliphatic carbocycles. The highest BCUT2D eigenvalue weighted by atomic mass is 32.2. The summed E-state index contributed by atoms with van der Waals surface area (Å²) >= 11 is 0. The molecule has 0 spiro atoms. The van der Waals surface area contributed by atoms with Crippen molar-refractivity contribution in [1.29, 1.82) is 0 Å². The van der Waals surface area contributed by atoms with Gasteiger partial charge in [0.2, 0.25) is 0 Å². The molecule has 2 heterocycles. The number of hydrogen-bond donors (Lipinski definition) is 1. The van der Waals surface area contributed by atoms with E-state index in [9.17, 15) is 21.6 Å². The first-order valence-electron chi connectivity index (χ1n) is 7.15. The SMILES string of the molecule is COc1ccc(-c2nc(C(F)(F)F)nn2-c2ccc(S(N)(=O)=O)nn2)cc1. The molecule has 2 N–H and O–H groups in total. The zero-order valence-corrected chi connectivity index (χ0v) is 14.4. The molecule has 0 bridgehead atoms. The molecule has 0 atom stereocenters. The van der Waals surface area contributed by atoms with Gasteiger partial charge in [-0.3, -0.25) is 0 Å². The molecule has 0 aliphatic rings. The van der Waals surface area contributed by atoms with Crippen LogP contribution in [0.1, 0.15) is 5.82 Å². The molecule has 0 saturated carbocycles. The van der Waals surface area contributed by atoms with E-state index in [4.69, 9.17) is 9.88 Å². The van der Waals surface area contributed by atoms with Crippen molar-refractivity contribution in [2.45, 2.75) is 11.2 Å². The van der Waals surface area contributed by atoms with Gasteiger partial charge in [0.15, 0.2) is 16.7 Å². The van der Waals surface area contributed by atoms with E-state index in [2.05, 4.69) is 20.3 Å². The molecule has 13 heteroatoms. The van der Waals surface area contributed by atoms with E-state index in [1.165, 1.54) is 31.4 Å². The van der Waals surface area contributed by atoms with Crippen LogP contribution in [0.5, 0.6) is 5.75 Å². The van der Waals surface area contributed by atoms with Crippen molar-refractivity contribution < 1.29 is 26.3 Å². The van der Waals surface area contributed by atoms with Gasteiger partial charge in [-0.05, 0) is 36.4 Å². The second-order valence-electron chi connectivity index (χ2n) is 5.17. The van der Waals surface area contributed by atoms with E-state index in [1.54, 1.807) is 0 Å². The first-order valence-corrected chi connectivity index (χ1v) is 8.70. The van der Waals surface area contributed by atoms with Crippen molar-refractivity contribution in [1.82, 2.24) is 25.0 Å². The third-order valence-electron chi connectivity index (χ3n) is 3.34. The molecule has 0 amide bonds. The third-order valence-corrected chi connectivity index (χ3v) is 4.14. The molecular weight excluding hydrogens is 389 g/mol. The van der Waals surface area contributed by atoms with E-state index >= 15 is 0 Å². The Morgan fingerprint density at radius 1 is 1.07 bits per heavy atom. The minimum Gasteiger partial charge on any atom is -0.497 e. The maximum absolute atomic E-state index is 13.1. The fourth-order valence-corrected chi connectivity index (χ4v) is 2.51. The summed E-state index contributed by atoms with van der Waals surface area (Å²) < 4.78 is 67.5. The van der Waals surface area contributed by atoms with Gasteiger partial charge < -0.3 is 4.74 Å². The minimum atomic E-state index is -4.79. The highest BCUT2D eigenvalue weighted by Crippen LogP contribution is 2.30. The number of rotatable bonds is 4. The summed E-state index contributed by atoms with van der Waals surface area (Å²) in [5, 5.41) is 14.8. The van der Waals surface area contributed by atoms with Gasteiger partial charge in [-0.15, -0.1) is 15.3 Å². The van der Waals surface area contributed by atoms with Crippen molar-refractivity contribution in [3.05, 3.63) is 42.2 Å². The topological polar surface area (TPSA) is 126 Å². The molecule has 3 aromatic rings. The highest BCUT2D eigenvalue weighted by Gasteiger charge is 2.37. The molecule has 0 radical (unpaired) electrons. The van der Waals surface area contributed by atoms with E-state index < -0.39 is 27.0 Å². The second-order valence-corrected chi connectivity index (χ2v) is 6.68. The second kappa shape index (κ2) is 6.59. The molecule has 2 aromatic heterocycles. The normalized spacial score (nSPS) is 12.2. The van der Waals surface area contributed by atoms with Crippen LogP contribution in [-0.4, -0.2) is 40.5 Å². The van der Waals surface area contributed by atoms with Crippen molar-refractivity contribution in [3.8, 4) is 23.0 Å². The Bertz CT molecular complexity index is 1060. The lowest BCUT2D eigenvalue weighted by Crippen LogP contribution is -2.15. The number of nitrogens with zero attached hydrogens (tertiary/aromatic N) is 5. The molecule has 1 aromatic carbocycles. The molecule has 27 heavy (non-hydrogen) atoms. The zero-order valence-electron chi connectivity index (χ0n) is 13.5. The Morgan fingerprint density at radius 3 is 2.22 bits per heavy atom. The Labute approximate surface area is 150 Å². The van der Waals surface area contributed by atoms with Gasteiger partial charge in [0, 0.05) is 5.56 Å². The van der Waals surface area contributed by atoms with Crippen LogP contribution in [0.2, 0.25) is 0 Å². The number of hydrogen-bond acceptors (Lipinski definition) is 7. The molecule has 0 aliphatic heterocycles. The summed E-state index contributed by atoms with van der Waals surface area (Å²) in [5.41, 5.74) is 0.302. The summed E-state index contributed by atoms with van der Waals surface area (Å²) in [6.07, 6.45) is -4.79. The average molecular weight is 400 g/mol. The van der Waals surface area contributed by atoms with Gasteiger partial charge >= 0.3 is 6.18 Å². The van der Waals surface area contributed by atoms with E-state index in [0.29, 0.717) is 11.3 Å². The molecule has 3 rings (SSSR count). The van der Waals surface area contributed by atoms with Crippen LogP contribution in [0.15, 0.2) is 41.4 Å². The molecule has 0 saturated heterocycles. The van der Waals surface area contributed by atoms with Crippen LogP contribution in [-0.2, 0) is 16.2 Å². The number of nitrogens with two attached hydrogens (primary N) is 1. The van der Waals surface area contributed by atoms with Gasteiger partial charge in [0.05, 0.1) is 7.11 Å². The van der Waals surface area contributed by atoms with E-state index in [-0.39, 0.29) is 11.6 Å². The van der Waals surface area contributed by atoms with Crippen molar-refractivity contribution in [3.63, 3.8) is 0 Å². The van der Waals surface area contributed by atoms with Gasteiger partial charge in [0.1, 0.15) is 5.75 Å². The third kappa shape index (κ3) is 3.88. The van der Waals surface area contributed by atoms with E-state index in [0.717, 1.165) is 16.8 Å². The van der Waals surface area contributed by atoms with Crippen LogP contribution >= 0.6 is 0 Å². The number of benzene rings is 1. The number of ether oxygens (including phenoxy) is 1.